The normalized spacial score (nSPS) is 11.0. The maximum Gasteiger partial charge on any atom is 0.132 e. The number of oxime groups is 1. The Hall–Kier alpha value is -2.34. The quantitative estimate of drug-likeness (QED) is 0.264. The van der Waals surface area contributed by atoms with E-state index in [-0.39, 0.29) is 5.75 Å². The molecule has 0 bridgehead atoms. The molecular formula is C20H16INO2. The molecule has 4 heteroatoms. The van der Waals surface area contributed by atoms with E-state index in [4.69, 9.17) is 5.21 Å². The Morgan fingerprint density at radius 3 is 2.42 bits per heavy atom. The van der Waals surface area contributed by atoms with Crippen LogP contribution >= 0.6 is 22.6 Å². The average Bonchev–Trinajstić information content (AvgIpc) is 2.59. The van der Waals surface area contributed by atoms with Crippen molar-refractivity contribution in [1.29, 1.82) is 0 Å². The van der Waals surface area contributed by atoms with Crippen molar-refractivity contribution in [2.75, 3.05) is 0 Å². The molecule has 0 fully saturated rings. The summed E-state index contributed by atoms with van der Waals surface area (Å²) in [4.78, 5) is 0. The van der Waals surface area contributed by atoms with Crippen molar-refractivity contribution in [1.82, 2.24) is 0 Å². The van der Waals surface area contributed by atoms with Crippen LogP contribution in [0.5, 0.6) is 5.75 Å². The molecule has 0 saturated heterocycles. The third kappa shape index (κ3) is 3.76. The minimum Gasteiger partial charge on any atom is -0.507 e. The highest BCUT2D eigenvalue weighted by Gasteiger charge is 2.12. The molecule has 0 aliphatic carbocycles. The SMILES string of the molecule is O/N=C/c1cc(Cc2ccccc2)cc(-c2cccc(I)c2)c1O. The highest BCUT2D eigenvalue weighted by atomic mass is 127. The number of hydrogen-bond donors (Lipinski definition) is 2. The number of aromatic hydroxyl groups is 1. The molecule has 0 saturated carbocycles. The maximum atomic E-state index is 10.5. The highest BCUT2D eigenvalue weighted by molar-refractivity contribution is 14.1. The van der Waals surface area contributed by atoms with Gasteiger partial charge in [-0.15, -0.1) is 0 Å². The topological polar surface area (TPSA) is 52.8 Å². The number of benzene rings is 3. The molecule has 3 aromatic carbocycles. The van der Waals surface area contributed by atoms with Crippen LogP contribution in [0.1, 0.15) is 16.7 Å². The van der Waals surface area contributed by atoms with E-state index in [2.05, 4.69) is 39.9 Å². The van der Waals surface area contributed by atoms with Gasteiger partial charge < -0.3 is 10.3 Å². The van der Waals surface area contributed by atoms with E-state index in [1.165, 1.54) is 11.8 Å². The van der Waals surface area contributed by atoms with Crippen molar-refractivity contribution >= 4 is 28.8 Å². The third-order valence-corrected chi connectivity index (χ3v) is 4.45. The van der Waals surface area contributed by atoms with Crippen LogP contribution in [-0.4, -0.2) is 16.5 Å². The first-order chi connectivity index (χ1) is 11.7. The van der Waals surface area contributed by atoms with Gasteiger partial charge in [-0.3, -0.25) is 0 Å². The smallest absolute Gasteiger partial charge is 0.132 e. The molecule has 24 heavy (non-hydrogen) atoms. The van der Waals surface area contributed by atoms with E-state index in [0.717, 1.165) is 26.7 Å². The Kier molecular flexibility index (Phi) is 5.15. The van der Waals surface area contributed by atoms with Gasteiger partial charge in [-0.05, 0) is 70.0 Å². The van der Waals surface area contributed by atoms with Crippen LogP contribution < -0.4 is 0 Å². The number of hydrogen-bond acceptors (Lipinski definition) is 3. The Labute approximate surface area is 154 Å². The molecular weight excluding hydrogens is 413 g/mol. The molecule has 0 amide bonds. The molecule has 0 radical (unpaired) electrons. The molecule has 3 aromatic rings. The molecule has 0 heterocycles. The summed E-state index contributed by atoms with van der Waals surface area (Å²) < 4.78 is 1.09. The van der Waals surface area contributed by atoms with Gasteiger partial charge in [0.2, 0.25) is 0 Å². The second kappa shape index (κ2) is 7.49. The Morgan fingerprint density at radius 2 is 1.71 bits per heavy atom. The van der Waals surface area contributed by atoms with Crippen LogP contribution in [0.4, 0.5) is 0 Å². The van der Waals surface area contributed by atoms with Gasteiger partial charge in [-0.1, -0.05) is 47.6 Å². The lowest BCUT2D eigenvalue weighted by Gasteiger charge is -2.12. The largest absolute Gasteiger partial charge is 0.507 e. The number of halogens is 1. The van der Waals surface area contributed by atoms with Crippen molar-refractivity contribution in [3.63, 3.8) is 0 Å². The second-order valence-corrected chi connectivity index (χ2v) is 6.74. The fourth-order valence-electron chi connectivity index (χ4n) is 2.69. The van der Waals surface area contributed by atoms with Crippen LogP contribution in [0.2, 0.25) is 0 Å². The minimum absolute atomic E-state index is 0.117. The molecule has 3 rings (SSSR count). The number of rotatable bonds is 4. The van der Waals surface area contributed by atoms with Crippen LogP contribution in [0, 0.1) is 3.57 Å². The summed E-state index contributed by atoms with van der Waals surface area (Å²) in [5.74, 6) is 0.117. The molecule has 0 aromatic heterocycles. The first kappa shape index (κ1) is 16.5. The van der Waals surface area contributed by atoms with E-state index < -0.39 is 0 Å². The lowest BCUT2D eigenvalue weighted by atomic mass is 9.95. The third-order valence-electron chi connectivity index (χ3n) is 3.78. The van der Waals surface area contributed by atoms with Gasteiger partial charge in [0.25, 0.3) is 0 Å². The van der Waals surface area contributed by atoms with Crippen molar-refractivity contribution in [2.45, 2.75) is 6.42 Å². The molecule has 0 aliphatic rings. The predicted octanol–water partition coefficient (Wildman–Crippen LogP) is 5.06. The summed E-state index contributed by atoms with van der Waals surface area (Å²) in [7, 11) is 0. The lowest BCUT2D eigenvalue weighted by Crippen LogP contribution is -1.94. The van der Waals surface area contributed by atoms with Gasteiger partial charge in [0.05, 0.1) is 6.21 Å². The van der Waals surface area contributed by atoms with E-state index in [0.29, 0.717) is 5.56 Å². The van der Waals surface area contributed by atoms with Gasteiger partial charge in [0, 0.05) is 14.7 Å². The fraction of sp³-hybridized carbons (Fsp3) is 0.0500. The van der Waals surface area contributed by atoms with E-state index >= 15 is 0 Å². The van der Waals surface area contributed by atoms with Gasteiger partial charge in [0.1, 0.15) is 5.75 Å². The van der Waals surface area contributed by atoms with Crippen molar-refractivity contribution in [3.05, 3.63) is 87.0 Å². The van der Waals surface area contributed by atoms with Crippen LogP contribution in [0.15, 0.2) is 71.9 Å². The summed E-state index contributed by atoms with van der Waals surface area (Å²) in [6.07, 6.45) is 2.01. The second-order valence-electron chi connectivity index (χ2n) is 5.50. The monoisotopic (exact) mass is 429 g/mol. The molecule has 2 N–H and O–H groups in total. The lowest BCUT2D eigenvalue weighted by molar-refractivity contribution is 0.321. The summed E-state index contributed by atoms with van der Waals surface area (Å²) >= 11 is 2.25. The van der Waals surface area contributed by atoms with Gasteiger partial charge in [-0.25, -0.2) is 0 Å². The van der Waals surface area contributed by atoms with Gasteiger partial charge >= 0.3 is 0 Å². The number of nitrogens with zero attached hydrogens (tertiary/aromatic N) is 1. The average molecular weight is 429 g/mol. The number of phenolic OH excluding ortho intramolecular Hbond substituents is 1. The van der Waals surface area contributed by atoms with Crippen molar-refractivity contribution in [3.8, 4) is 16.9 Å². The van der Waals surface area contributed by atoms with Crippen molar-refractivity contribution in [2.24, 2.45) is 5.16 Å². The van der Waals surface area contributed by atoms with Crippen LogP contribution in [0.25, 0.3) is 11.1 Å². The standard InChI is InChI=1S/C20H16INO2/c21-18-8-4-7-16(12-18)19-11-15(9-14-5-2-1-3-6-14)10-17(13-22-24)20(19)23/h1-8,10-13,23-24H,9H2/b22-13+. The molecule has 0 spiro atoms. The van der Waals surface area contributed by atoms with Crippen LogP contribution in [-0.2, 0) is 6.42 Å². The van der Waals surface area contributed by atoms with Crippen LogP contribution in [0.3, 0.4) is 0 Å². The zero-order valence-electron chi connectivity index (χ0n) is 12.9. The van der Waals surface area contributed by atoms with E-state index in [9.17, 15) is 5.11 Å². The fourth-order valence-corrected chi connectivity index (χ4v) is 3.23. The van der Waals surface area contributed by atoms with Crippen molar-refractivity contribution < 1.29 is 10.3 Å². The molecule has 0 atom stereocenters. The first-order valence-corrected chi connectivity index (χ1v) is 8.58. The van der Waals surface area contributed by atoms with E-state index in [1.54, 1.807) is 0 Å². The first-order valence-electron chi connectivity index (χ1n) is 7.50. The molecule has 3 nitrogen and oxygen atoms in total. The zero-order valence-corrected chi connectivity index (χ0v) is 15.0. The summed E-state index contributed by atoms with van der Waals surface area (Å²) in [5, 5.41) is 22.5. The minimum atomic E-state index is 0.117. The summed E-state index contributed by atoms with van der Waals surface area (Å²) in [6, 6.07) is 21.9. The predicted molar refractivity (Wildman–Crippen MR) is 105 cm³/mol. The highest BCUT2D eigenvalue weighted by Crippen LogP contribution is 2.34. The molecule has 120 valence electrons. The number of phenols is 1. The molecule has 0 unspecified atom stereocenters. The Bertz CT molecular complexity index is 876. The zero-order chi connectivity index (χ0) is 16.9. The van der Waals surface area contributed by atoms with Gasteiger partial charge in [0.15, 0.2) is 0 Å². The molecule has 0 aliphatic heterocycles. The Balaban J connectivity index is 2.10. The van der Waals surface area contributed by atoms with E-state index in [1.807, 2.05) is 54.6 Å². The maximum absolute atomic E-state index is 10.5. The summed E-state index contributed by atoms with van der Waals surface area (Å²) in [5.41, 5.74) is 4.39. The summed E-state index contributed by atoms with van der Waals surface area (Å²) in [6.45, 7) is 0. The van der Waals surface area contributed by atoms with Gasteiger partial charge in [-0.2, -0.15) is 0 Å². The Morgan fingerprint density at radius 1 is 0.917 bits per heavy atom.